The highest BCUT2D eigenvalue weighted by molar-refractivity contribution is 7.89. The molecule has 164 valence electrons. The molecule has 0 saturated heterocycles. The number of aromatic nitrogens is 2. The van der Waals surface area contributed by atoms with Crippen LogP contribution < -0.4 is 10.0 Å². The fraction of sp³-hybridized carbons (Fsp3) is 0.174. The van der Waals surface area contributed by atoms with Crippen LogP contribution in [0, 0.1) is 0 Å². The minimum absolute atomic E-state index is 0.00240. The van der Waals surface area contributed by atoms with Crippen LogP contribution >= 0.6 is 11.7 Å². The third kappa shape index (κ3) is 5.01. The van der Waals surface area contributed by atoms with Gasteiger partial charge in [0.2, 0.25) is 15.9 Å². The van der Waals surface area contributed by atoms with Crippen molar-refractivity contribution in [1.29, 1.82) is 0 Å². The van der Waals surface area contributed by atoms with E-state index in [9.17, 15) is 13.2 Å². The molecule has 3 aromatic carbocycles. The molecule has 0 bridgehead atoms. The van der Waals surface area contributed by atoms with Gasteiger partial charge >= 0.3 is 0 Å². The van der Waals surface area contributed by atoms with E-state index in [1.54, 1.807) is 18.2 Å². The second-order valence-corrected chi connectivity index (χ2v) is 9.51. The number of fused-ring (bicyclic) bond motifs is 1. The van der Waals surface area contributed by atoms with Crippen molar-refractivity contribution in [3.8, 4) is 0 Å². The number of amides is 1. The molecule has 0 radical (unpaired) electrons. The second-order valence-electron chi connectivity index (χ2n) is 7.29. The molecule has 0 aliphatic heterocycles. The highest BCUT2D eigenvalue weighted by Crippen LogP contribution is 2.22. The summed E-state index contributed by atoms with van der Waals surface area (Å²) in [6.07, 6.45) is 1.03. The van der Waals surface area contributed by atoms with E-state index in [2.05, 4.69) is 18.8 Å². The zero-order chi connectivity index (χ0) is 22.6. The van der Waals surface area contributed by atoms with Crippen LogP contribution in [0.3, 0.4) is 0 Å². The summed E-state index contributed by atoms with van der Waals surface area (Å²) in [5.74, 6) is -0.436. The monoisotopic (exact) mass is 466 g/mol. The van der Waals surface area contributed by atoms with Gasteiger partial charge in [-0.25, -0.2) is 8.42 Å². The van der Waals surface area contributed by atoms with Crippen LogP contribution in [-0.4, -0.2) is 29.1 Å². The van der Waals surface area contributed by atoms with E-state index in [1.807, 2.05) is 55.5 Å². The SMILES string of the molecule is CCc1cccc(NC(=O)[C@@H](Cc2ccccc2)NS(=O)(=O)c2cccc3nsnc23)c1. The van der Waals surface area contributed by atoms with Crippen LogP contribution in [0.15, 0.2) is 77.7 Å². The molecule has 1 heterocycles. The van der Waals surface area contributed by atoms with Crippen molar-refractivity contribution in [2.75, 3.05) is 5.32 Å². The summed E-state index contributed by atoms with van der Waals surface area (Å²) in [7, 11) is -4.03. The molecular weight excluding hydrogens is 444 g/mol. The minimum Gasteiger partial charge on any atom is -0.325 e. The van der Waals surface area contributed by atoms with Crippen molar-refractivity contribution >= 4 is 44.4 Å². The number of nitrogens with one attached hydrogen (secondary N) is 2. The number of aryl methyl sites for hydroxylation is 1. The molecule has 2 N–H and O–H groups in total. The van der Waals surface area contributed by atoms with E-state index >= 15 is 0 Å². The van der Waals surface area contributed by atoms with Crippen molar-refractivity contribution in [2.45, 2.75) is 30.7 Å². The molecule has 32 heavy (non-hydrogen) atoms. The van der Waals surface area contributed by atoms with Crippen molar-refractivity contribution in [1.82, 2.24) is 13.5 Å². The van der Waals surface area contributed by atoms with Gasteiger partial charge in [-0.2, -0.15) is 13.5 Å². The Morgan fingerprint density at radius 3 is 2.50 bits per heavy atom. The van der Waals surface area contributed by atoms with Gasteiger partial charge in [0.05, 0.1) is 11.7 Å². The maximum absolute atomic E-state index is 13.2. The Balaban J connectivity index is 1.64. The van der Waals surface area contributed by atoms with Gasteiger partial charge in [-0.05, 0) is 48.2 Å². The van der Waals surface area contributed by atoms with Crippen LogP contribution in [0.5, 0.6) is 0 Å². The largest absolute Gasteiger partial charge is 0.325 e. The highest BCUT2D eigenvalue weighted by atomic mass is 32.2. The zero-order valence-electron chi connectivity index (χ0n) is 17.4. The quantitative estimate of drug-likeness (QED) is 0.412. The molecule has 4 rings (SSSR count). The number of rotatable bonds is 8. The highest BCUT2D eigenvalue weighted by Gasteiger charge is 2.28. The third-order valence-electron chi connectivity index (χ3n) is 5.04. The van der Waals surface area contributed by atoms with Crippen molar-refractivity contribution in [2.24, 2.45) is 0 Å². The molecule has 0 spiro atoms. The van der Waals surface area contributed by atoms with Crippen molar-refractivity contribution in [3.63, 3.8) is 0 Å². The summed E-state index contributed by atoms with van der Waals surface area (Å²) >= 11 is 0.945. The van der Waals surface area contributed by atoms with Crippen molar-refractivity contribution in [3.05, 3.63) is 83.9 Å². The lowest BCUT2D eigenvalue weighted by molar-refractivity contribution is -0.117. The molecular formula is C23H22N4O3S2. The van der Waals surface area contributed by atoms with E-state index in [-0.39, 0.29) is 11.3 Å². The molecule has 9 heteroatoms. The Kier molecular flexibility index (Phi) is 6.59. The first-order valence-electron chi connectivity index (χ1n) is 10.1. The molecule has 7 nitrogen and oxygen atoms in total. The third-order valence-corrected chi connectivity index (χ3v) is 7.08. The number of hydrogen-bond donors (Lipinski definition) is 2. The number of hydrogen-bond acceptors (Lipinski definition) is 6. The first-order valence-corrected chi connectivity index (χ1v) is 12.3. The van der Waals surface area contributed by atoms with E-state index in [0.29, 0.717) is 16.7 Å². The summed E-state index contributed by atoms with van der Waals surface area (Å²) in [6.45, 7) is 2.03. The van der Waals surface area contributed by atoms with E-state index in [1.165, 1.54) is 6.07 Å². The normalized spacial score (nSPS) is 12.5. The van der Waals surface area contributed by atoms with Gasteiger partial charge in [0.15, 0.2) is 0 Å². The summed E-state index contributed by atoms with van der Waals surface area (Å²) in [5.41, 5.74) is 3.33. The van der Waals surface area contributed by atoms with Crippen molar-refractivity contribution < 1.29 is 13.2 Å². The maximum atomic E-state index is 13.2. The van der Waals surface area contributed by atoms with Gasteiger partial charge < -0.3 is 5.32 Å². The lowest BCUT2D eigenvalue weighted by Gasteiger charge is -2.19. The molecule has 0 saturated carbocycles. The average molecular weight is 467 g/mol. The van der Waals surface area contributed by atoms with Crippen LogP contribution in [0.1, 0.15) is 18.1 Å². The fourth-order valence-corrected chi connectivity index (χ4v) is 5.35. The van der Waals surface area contributed by atoms with Crippen LogP contribution in [0.25, 0.3) is 11.0 Å². The molecule has 1 amide bonds. The molecule has 1 atom stereocenters. The number of nitrogens with zero attached hydrogens (tertiary/aromatic N) is 2. The fourth-order valence-electron chi connectivity index (χ4n) is 3.39. The first kappa shape index (κ1) is 22.1. The molecule has 0 aliphatic rings. The smallest absolute Gasteiger partial charge is 0.243 e. The summed E-state index contributed by atoms with van der Waals surface area (Å²) in [5, 5.41) is 2.85. The molecule has 0 fully saturated rings. The Morgan fingerprint density at radius 1 is 0.969 bits per heavy atom. The number of carbonyl (C=O) groups is 1. The van der Waals surface area contributed by atoms with Crippen LogP contribution in [0.2, 0.25) is 0 Å². The summed E-state index contributed by atoms with van der Waals surface area (Å²) in [6, 6.07) is 20.6. The summed E-state index contributed by atoms with van der Waals surface area (Å²) < 4.78 is 37.3. The predicted molar refractivity (Wildman–Crippen MR) is 126 cm³/mol. The van der Waals surface area contributed by atoms with Gasteiger partial charge in [-0.1, -0.05) is 55.5 Å². The van der Waals surface area contributed by atoms with E-state index < -0.39 is 22.0 Å². The topological polar surface area (TPSA) is 101 Å². The molecule has 0 aliphatic carbocycles. The summed E-state index contributed by atoms with van der Waals surface area (Å²) in [4.78, 5) is 13.2. The number of carbonyl (C=O) groups excluding carboxylic acids is 1. The number of anilines is 1. The molecule has 4 aromatic rings. The maximum Gasteiger partial charge on any atom is 0.243 e. The number of sulfonamides is 1. The Hall–Kier alpha value is -3.14. The van der Waals surface area contributed by atoms with E-state index in [4.69, 9.17) is 0 Å². The van der Waals surface area contributed by atoms with Crippen LogP contribution in [-0.2, 0) is 27.7 Å². The van der Waals surface area contributed by atoms with E-state index in [0.717, 1.165) is 29.3 Å². The standard InChI is InChI=1S/C23H22N4O3S2/c1-2-16-10-6-11-18(14-16)24-23(28)20(15-17-8-4-3-5-9-17)27-32(29,30)21-13-7-12-19-22(21)26-31-25-19/h3-14,20,27H,2,15H2,1H3,(H,24,28)/t20-/m1/s1. The Bertz CT molecular complexity index is 1340. The average Bonchev–Trinajstić information content (AvgIpc) is 3.28. The zero-order valence-corrected chi connectivity index (χ0v) is 19.0. The van der Waals surface area contributed by atoms with Gasteiger partial charge in [0, 0.05) is 5.69 Å². The number of benzene rings is 3. The Labute approximate surface area is 190 Å². The van der Waals surface area contributed by atoms with Gasteiger partial charge in [0.25, 0.3) is 0 Å². The molecule has 0 unspecified atom stereocenters. The predicted octanol–water partition coefficient (Wildman–Crippen LogP) is 3.78. The van der Waals surface area contributed by atoms with Crippen LogP contribution in [0.4, 0.5) is 5.69 Å². The second kappa shape index (κ2) is 9.56. The lowest BCUT2D eigenvalue weighted by Crippen LogP contribution is -2.45. The lowest BCUT2D eigenvalue weighted by atomic mass is 10.1. The molecule has 1 aromatic heterocycles. The first-order chi connectivity index (χ1) is 15.5. The Morgan fingerprint density at radius 2 is 1.72 bits per heavy atom. The van der Waals surface area contributed by atoms with Gasteiger partial charge in [-0.15, -0.1) is 0 Å². The van der Waals surface area contributed by atoms with Gasteiger partial charge in [0.1, 0.15) is 22.0 Å². The van der Waals surface area contributed by atoms with Gasteiger partial charge in [-0.3, -0.25) is 4.79 Å². The minimum atomic E-state index is -4.03.